The number of aryl methyl sites for hydroxylation is 1. The number of aromatic nitrogens is 2. The molecule has 8 nitrogen and oxygen atoms in total. The molecule has 1 aromatic carbocycles. The van der Waals surface area contributed by atoms with Crippen LogP contribution in [0.3, 0.4) is 0 Å². The van der Waals surface area contributed by atoms with Crippen molar-refractivity contribution in [3.63, 3.8) is 0 Å². The van der Waals surface area contributed by atoms with E-state index in [1.165, 1.54) is 10.6 Å². The topological polar surface area (TPSA) is 122 Å². The third kappa shape index (κ3) is 2.98. The largest absolute Gasteiger partial charge is 0.503 e. The zero-order valence-corrected chi connectivity index (χ0v) is 18.3. The Kier molecular flexibility index (Phi) is 5.18. The number of phenols is 1. The van der Waals surface area contributed by atoms with E-state index in [4.69, 9.17) is 4.74 Å². The molecule has 2 aliphatic heterocycles. The number of rotatable bonds is 5. The Labute approximate surface area is 192 Å². The zero-order valence-electron chi connectivity index (χ0n) is 18.3. The molecule has 0 fully saturated rings. The van der Waals surface area contributed by atoms with E-state index in [9.17, 15) is 29.3 Å². The van der Waals surface area contributed by atoms with E-state index in [-0.39, 0.29) is 48.2 Å². The van der Waals surface area contributed by atoms with Gasteiger partial charge in [-0.25, -0.2) is 18.6 Å². The Hall–Kier alpha value is -3.37. The molecule has 0 unspecified atom stereocenters. The average Bonchev–Trinajstić information content (AvgIpc) is 3.19. The number of carbonyl (C=O) groups excluding carboxylic acids is 1. The predicted octanol–water partition coefficient (Wildman–Crippen LogP) is 2.38. The van der Waals surface area contributed by atoms with Crippen molar-refractivity contribution in [2.45, 2.75) is 51.4 Å². The molecule has 5 rings (SSSR count). The van der Waals surface area contributed by atoms with Gasteiger partial charge in [-0.15, -0.1) is 0 Å². The summed E-state index contributed by atoms with van der Waals surface area (Å²) < 4.78 is 35.7. The van der Waals surface area contributed by atoms with Crippen molar-refractivity contribution in [1.29, 1.82) is 0 Å². The number of pyridine rings is 2. The Morgan fingerprint density at radius 2 is 1.97 bits per heavy atom. The lowest BCUT2D eigenvalue weighted by atomic mass is 9.86. The van der Waals surface area contributed by atoms with Gasteiger partial charge in [-0.2, -0.15) is 0 Å². The monoisotopic (exact) mass is 472 g/mol. The van der Waals surface area contributed by atoms with E-state index in [2.05, 4.69) is 4.98 Å². The number of aliphatic hydroxyl groups is 2. The van der Waals surface area contributed by atoms with Crippen LogP contribution in [0.5, 0.6) is 5.75 Å². The van der Waals surface area contributed by atoms with Crippen LogP contribution in [-0.2, 0) is 34.7 Å². The summed E-state index contributed by atoms with van der Waals surface area (Å²) in [4.78, 5) is 30.1. The molecule has 0 bridgehead atoms. The highest BCUT2D eigenvalue weighted by molar-refractivity contribution is 5.90. The summed E-state index contributed by atoms with van der Waals surface area (Å²) in [6.45, 7) is 1.30. The SMILES string of the molecule is CC[C@@]1(O)C(=O)OCc2c1cc1n(c2=O)Cc2c-1nc1cc(F)c(O)c(F)c1c2CCCCO. The summed E-state index contributed by atoms with van der Waals surface area (Å²) in [6.07, 6.45) is 1.21. The first-order chi connectivity index (χ1) is 16.2. The number of nitrogens with zero attached hydrogens (tertiary/aromatic N) is 2. The zero-order chi connectivity index (χ0) is 24.4. The van der Waals surface area contributed by atoms with Crippen molar-refractivity contribution in [2.24, 2.45) is 0 Å². The van der Waals surface area contributed by atoms with E-state index in [1.54, 1.807) is 6.92 Å². The third-order valence-electron chi connectivity index (χ3n) is 6.79. The van der Waals surface area contributed by atoms with Gasteiger partial charge in [0.05, 0.1) is 29.0 Å². The highest BCUT2D eigenvalue weighted by atomic mass is 19.1. The normalized spacial score (nSPS) is 18.6. The van der Waals surface area contributed by atoms with E-state index < -0.39 is 34.5 Å². The summed E-state index contributed by atoms with van der Waals surface area (Å²) >= 11 is 0. The van der Waals surface area contributed by atoms with Crippen LogP contribution in [-0.4, -0.2) is 37.4 Å². The van der Waals surface area contributed by atoms with Crippen molar-refractivity contribution in [3.05, 3.63) is 56.4 Å². The van der Waals surface area contributed by atoms with Crippen LogP contribution in [0.25, 0.3) is 22.3 Å². The lowest BCUT2D eigenvalue weighted by Gasteiger charge is -2.31. The summed E-state index contributed by atoms with van der Waals surface area (Å²) in [5, 5.41) is 30.0. The van der Waals surface area contributed by atoms with Crippen LogP contribution < -0.4 is 5.56 Å². The van der Waals surface area contributed by atoms with Crippen LogP contribution in [0.4, 0.5) is 8.78 Å². The highest BCUT2D eigenvalue weighted by Crippen LogP contribution is 2.42. The van der Waals surface area contributed by atoms with Crippen LogP contribution >= 0.6 is 0 Å². The van der Waals surface area contributed by atoms with Gasteiger partial charge in [0.25, 0.3) is 5.56 Å². The predicted molar refractivity (Wildman–Crippen MR) is 116 cm³/mol. The van der Waals surface area contributed by atoms with Gasteiger partial charge in [0.2, 0.25) is 0 Å². The maximum absolute atomic E-state index is 15.0. The number of esters is 1. The number of phenolic OH excluding ortho intramolecular Hbond substituents is 1. The second-order valence-corrected chi connectivity index (χ2v) is 8.62. The fraction of sp³-hybridized carbons (Fsp3) is 0.375. The fourth-order valence-electron chi connectivity index (χ4n) is 4.94. The molecule has 0 spiro atoms. The number of aliphatic hydroxyl groups excluding tert-OH is 1. The molecule has 34 heavy (non-hydrogen) atoms. The molecule has 3 aromatic rings. The number of cyclic esters (lactones) is 1. The summed E-state index contributed by atoms with van der Waals surface area (Å²) in [7, 11) is 0. The number of fused-ring (bicyclic) bond motifs is 5. The van der Waals surface area contributed by atoms with Crippen molar-refractivity contribution < 1.29 is 33.6 Å². The first-order valence-electron chi connectivity index (χ1n) is 11.0. The molecular weight excluding hydrogens is 450 g/mol. The quantitative estimate of drug-likeness (QED) is 0.301. The van der Waals surface area contributed by atoms with Gasteiger partial charge in [-0.05, 0) is 37.3 Å². The molecule has 0 saturated carbocycles. The Bertz CT molecular complexity index is 1430. The number of unbranched alkanes of at least 4 members (excludes halogenated alkanes) is 1. The van der Waals surface area contributed by atoms with Gasteiger partial charge < -0.3 is 24.6 Å². The minimum absolute atomic E-state index is 0.0121. The highest BCUT2D eigenvalue weighted by Gasteiger charge is 2.45. The molecule has 2 aliphatic rings. The van der Waals surface area contributed by atoms with E-state index >= 15 is 4.39 Å². The Balaban J connectivity index is 1.81. The standard InChI is InChI=1S/C24H22F2N2O6/c1-2-24(33)14-7-17-20-12(9-28(17)22(31)13(14)10-34-23(24)32)11(5-3-4-6-29)18-16(27-20)8-15(25)21(30)19(18)26/h7-8,29-30,33H,2-6,9-10H2,1H3/t24-/m0/s1. The summed E-state index contributed by atoms with van der Waals surface area (Å²) in [5.41, 5.74) is -0.575. The molecule has 10 heteroatoms. The minimum atomic E-state index is -1.99. The second kappa shape index (κ2) is 7.85. The third-order valence-corrected chi connectivity index (χ3v) is 6.79. The number of halogens is 2. The molecule has 0 saturated heterocycles. The average molecular weight is 472 g/mol. The maximum atomic E-state index is 15.0. The van der Waals surface area contributed by atoms with Crippen LogP contribution in [0, 0.1) is 11.6 Å². The fourth-order valence-corrected chi connectivity index (χ4v) is 4.94. The summed E-state index contributed by atoms with van der Waals surface area (Å²) in [6, 6.07) is 2.46. The van der Waals surface area contributed by atoms with Crippen molar-refractivity contribution in [1.82, 2.24) is 9.55 Å². The molecule has 0 aliphatic carbocycles. The molecule has 2 aromatic heterocycles. The molecule has 4 heterocycles. The summed E-state index contributed by atoms with van der Waals surface area (Å²) in [5.74, 6) is -4.25. The first kappa shape index (κ1) is 22.4. The minimum Gasteiger partial charge on any atom is -0.503 e. The Morgan fingerprint density at radius 1 is 1.21 bits per heavy atom. The first-order valence-corrected chi connectivity index (χ1v) is 11.0. The molecular formula is C24H22F2N2O6. The van der Waals surface area contributed by atoms with E-state index in [0.29, 0.717) is 41.8 Å². The van der Waals surface area contributed by atoms with Crippen molar-refractivity contribution >= 4 is 16.9 Å². The molecule has 0 amide bonds. The van der Waals surface area contributed by atoms with Crippen molar-refractivity contribution in [2.75, 3.05) is 6.61 Å². The molecule has 178 valence electrons. The van der Waals surface area contributed by atoms with E-state index in [0.717, 1.165) is 6.07 Å². The number of carbonyl (C=O) groups is 1. The lowest BCUT2D eigenvalue weighted by Crippen LogP contribution is -2.44. The van der Waals surface area contributed by atoms with Gasteiger partial charge >= 0.3 is 5.97 Å². The number of ether oxygens (including phenoxy) is 1. The van der Waals surface area contributed by atoms with Gasteiger partial charge in [0.1, 0.15) is 6.61 Å². The molecule has 1 atom stereocenters. The van der Waals surface area contributed by atoms with E-state index in [1.807, 2.05) is 0 Å². The molecule has 0 radical (unpaired) electrons. The Morgan fingerprint density at radius 3 is 2.68 bits per heavy atom. The van der Waals surface area contributed by atoms with Crippen LogP contribution in [0.1, 0.15) is 48.4 Å². The number of benzene rings is 1. The van der Waals surface area contributed by atoms with Gasteiger partial charge in [0, 0.05) is 29.2 Å². The van der Waals surface area contributed by atoms with Gasteiger partial charge in [-0.1, -0.05) is 6.92 Å². The van der Waals surface area contributed by atoms with Crippen LogP contribution in [0.15, 0.2) is 16.9 Å². The number of hydrogen-bond acceptors (Lipinski definition) is 7. The van der Waals surface area contributed by atoms with Gasteiger partial charge in [0.15, 0.2) is 23.0 Å². The number of hydrogen-bond donors (Lipinski definition) is 3. The van der Waals surface area contributed by atoms with Gasteiger partial charge in [-0.3, -0.25) is 4.79 Å². The lowest BCUT2D eigenvalue weighted by molar-refractivity contribution is -0.172. The number of aromatic hydroxyl groups is 1. The van der Waals surface area contributed by atoms with Crippen molar-refractivity contribution in [3.8, 4) is 17.1 Å². The second-order valence-electron chi connectivity index (χ2n) is 8.62. The molecule has 3 N–H and O–H groups in total. The smallest absolute Gasteiger partial charge is 0.343 e. The van der Waals surface area contributed by atoms with Crippen LogP contribution in [0.2, 0.25) is 0 Å². The maximum Gasteiger partial charge on any atom is 0.343 e.